The van der Waals surface area contributed by atoms with E-state index in [0.717, 1.165) is 0 Å². The molecule has 2 aliphatic rings. The lowest BCUT2D eigenvalue weighted by molar-refractivity contribution is -0.123. The molecular weight excluding hydrogens is 376 g/mol. The van der Waals surface area contributed by atoms with Crippen LogP contribution in [-0.4, -0.2) is 80.0 Å². The van der Waals surface area contributed by atoms with E-state index in [1.807, 2.05) is 4.90 Å². The van der Waals surface area contributed by atoms with E-state index in [1.54, 1.807) is 18.2 Å². The first kappa shape index (κ1) is 20.8. The molecule has 0 atom stereocenters. The van der Waals surface area contributed by atoms with Crippen LogP contribution in [0.5, 0.6) is 11.5 Å². The van der Waals surface area contributed by atoms with E-state index in [1.165, 1.54) is 6.92 Å². The third kappa shape index (κ3) is 5.55. The highest BCUT2D eigenvalue weighted by Crippen LogP contribution is 2.37. The van der Waals surface area contributed by atoms with Crippen molar-refractivity contribution in [3.63, 3.8) is 0 Å². The molecule has 0 bridgehead atoms. The number of carbonyl (C=O) groups excluding carboxylic acids is 3. The number of hydrogen-bond acceptors (Lipinski definition) is 7. The molecule has 1 aromatic rings. The Balaban J connectivity index is 1.50. The van der Waals surface area contributed by atoms with Crippen LogP contribution in [0.2, 0.25) is 0 Å². The third-order valence-electron chi connectivity index (χ3n) is 4.81. The second kappa shape index (κ2) is 9.53. The highest BCUT2D eigenvalue weighted by molar-refractivity contribution is 6.05. The lowest BCUT2D eigenvalue weighted by Crippen LogP contribution is -2.51. The zero-order valence-electron chi connectivity index (χ0n) is 16.5. The van der Waals surface area contributed by atoms with Crippen LogP contribution in [0.1, 0.15) is 17.3 Å². The molecule has 2 N–H and O–H groups in total. The molecular formula is C20H26N4O5. The number of piperazine rings is 1. The van der Waals surface area contributed by atoms with Crippen molar-refractivity contribution >= 4 is 23.3 Å². The maximum Gasteiger partial charge on any atom is 0.238 e. The van der Waals surface area contributed by atoms with Gasteiger partial charge in [-0.15, -0.1) is 6.58 Å². The minimum atomic E-state index is -0.205. The smallest absolute Gasteiger partial charge is 0.238 e. The molecule has 2 amide bonds. The topological polar surface area (TPSA) is 100 Å². The summed E-state index contributed by atoms with van der Waals surface area (Å²) in [5.41, 5.74) is 0.808. The van der Waals surface area contributed by atoms with E-state index in [-0.39, 0.29) is 30.9 Å². The fraction of sp³-hybridized carbons (Fsp3) is 0.450. The number of anilines is 1. The highest BCUT2D eigenvalue weighted by Gasteiger charge is 2.23. The van der Waals surface area contributed by atoms with Gasteiger partial charge in [-0.2, -0.15) is 0 Å². The number of nitrogens with zero attached hydrogens (tertiary/aromatic N) is 2. The van der Waals surface area contributed by atoms with Crippen molar-refractivity contribution in [2.45, 2.75) is 6.92 Å². The number of carbonyl (C=O) groups is 3. The molecule has 0 radical (unpaired) electrons. The third-order valence-corrected chi connectivity index (χ3v) is 4.81. The van der Waals surface area contributed by atoms with Crippen molar-refractivity contribution in [2.75, 3.05) is 57.9 Å². The fourth-order valence-electron chi connectivity index (χ4n) is 3.28. The molecule has 156 valence electrons. The molecule has 2 aliphatic heterocycles. The molecule has 9 nitrogen and oxygen atoms in total. The Bertz CT molecular complexity index is 802. The van der Waals surface area contributed by atoms with Gasteiger partial charge in [0.25, 0.3) is 0 Å². The Labute approximate surface area is 169 Å². The maximum absolute atomic E-state index is 12.5. The first-order chi connectivity index (χ1) is 14.0. The van der Waals surface area contributed by atoms with Crippen LogP contribution in [0, 0.1) is 0 Å². The summed E-state index contributed by atoms with van der Waals surface area (Å²) in [4.78, 5) is 40.3. The van der Waals surface area contributed by atoms with Gasteiger partial charge in [0.2, 0.25) is 18.6 Å². The van der Waals surface area contributed by atoms with Crippen LogP contribution in [0.25, 0.3) is 0 Å². The van der Waals surface area contributed by atoms with Crippen LogP contribution >= 0.6 is 0 Å². The van der Waals surface area contributed by atoms with Gasteiger partial charge in [-0.25, -0.2) is 0 Å². The Morgan fingerprint density at radius 3 is 2.21 bits per heavy atom. The number of nitrogens with one attached hydrogen (secondary N) is 2. The van der Waals surface area contributed by atoms with Crippen molar-refractivity contribution in [1.82, 2.24) is 15.1 Å². The standard InChI is InChI=1S/C20H26N4O5/c1-3-4-21-19(26)11-23-5-7-24(8-6-23)12-20(27)22-16-10-18-17(28-13-29-18)9-15(16)14(2)25/h3,9-10H,1,4-8,11-13H2,2H3,(H,21,26)(H,22,27). The summed E-state index contributed by atoms with van der Waals surface area (Å²) in [6.45, 7) is 8.90. The average Bonchev–Trinajstić information content (AvgIpc) is 3.14. The van der Waals surface area contributed by atoms with Gasteiger partial charge in [0, 0.05) is 44.4 Å². The van der Waals surface area contributed by atoms with Gasteiger partial charge in [0.1, 0.15) is 0 Å². The maximum atomic E-state index is 12.5. The lowest BCUT2D eigenvalue weighted by Gasteiger charge is -2.33. The van der Waals surface area contributed by atoms with E-state index in [2.05, 4.69) is 22.1 Å². The fourth-order valence-corrected chi connectivity index (χ4v) is 3.28. The SMILES string of the molecule is C=CCNC(=O)CN1CCN(CC(=O)Nc2cc3c(cc2C(C)=O)OCO3)CC1. The summed E-state index contributed by atoms with van der Waals surface area (Å²) in [7, 11) is 0. The molecule has 0 aromatic heterocycles. The molecule has 0 aliphatic carbocycles. The molecule has 29 heavy (non-hydrogen) atoms. The quantitative estimate of drug-likeness (QED) is 0.482. The number of fused-ring (bicyclic) bond motifs is 1. The normalized spacial score (nSPS) is 16.3. The second-order valence-corrected chi connectivity index (χ2v) is 7.00. The van der Waals surface area contributed by atoms with Gasteiger partial charge in [-0.1, -0.05) is 6.08 Å². The van der Waals surface area contributed by atoms with E-state index >= 15 is 0 Å². The Morgan fingerprint density at radius 2 is 1.62 bits per heavy atom. The monoisotopic (exact) mass is 402 g/mol. The summed E-state index contributed by atoms with van der Waals surface area (Å²) in [6, 6.07) is 3.22. The molecule has 0 spiro atoms. The molecule has 1 aromatic carbocycles. The number of amides is 2. The Morgan fingerprint density at radius 1 is 1.03 bits per heavy atom. The Kier molecular flexibility index (Phi) is 6.84. The van der Waals surface area contributed by atoms with Crippen molar-refractivity contribution in [3.8, 4) is 11.5 Å². The largest absolute Gasteiger partial charge is 0.454 e. The lowest BCUT2D eigenvalue weighted by atomic mass is 10.1. The van der Waals surface area contributed by atoms with E-state index in [4.69, 9.17) is 9.47 Å². The zero-order chi connectivity index (χ0) is 20.8. The van der Waals surface area contributed by atoms with Crippen LogP contribution in [0.4, 0.5) is 5.69 Å². The zero-order valence-corrected chi connectivity index (χ0v) is 16.5. The predicted molar refractivity (Wildman–Crippen MR) is 107 cm³/mol. The summed E-state index contributed by atoms with van der Waals surface area (Å²) in [5, 5.41) is 5.57. The van der Waals surface area contributed by atoms with Crippen LogP contribution in [0.15, 0.2) is 24.8 Å². The van der Waals surface area contributed by atoms with E-state index in [0.29, 0.717) is 62.0 Å². The molecule has 1 fully saturated rings. The minimum absolute atomic E-state index is 0.0318. The van der Waals surface area contributed by atoms with E-state index in [9.17, 15) is 14.4 Å². The molecule has 9 heteroatoms. The molecule has 0 unspecified atom stereocenters. The first-order valence-electron chi connectivity index (χ1n) is 9.53. The second-order valence-electron chi connectivity index (χ2n) is 7.00. The van der Waals surface area contributed by atoms with Crippen molar-refractivity contribution in [3.05, 3.63) is 30.4 Å². The highest BCUT2D eigenvalue weighted by atomic mass is 16.7. The Hall–Kier alpha value is -2.91. The first-order valence-corrected chi connectivity index (χ1v) is 9.53. The van der Waals surface area contributed by atoms with Crippen molar-refractivity contribution in [1.29, 1.82) is 0 Å². The van der Waals surface area contributed by atoms with Gasteiger partial charge in [-0.05, 0) is 13.0 Å². The van der Waals surface area contributed by atoms with Crippen molar-refractivity contribution in [2.24, 2.45) is 0 Å². The average molecular weight is 402 g/mol. The minimum Gasteiger partial charge on any atom is -0.454 e. The number of Topliss-reactive ketones (excluding diaryl/α,β-unsaturated/α-hetero) is 1. The van der Waals surface area contributed by atoms with Gasteiger partial charge >= 0.3 is 0 Å². The molecule has 2 heterocycles. The summed E-state index contributed by atoms with van der Waals surface area (Å²) in [5.74, 6) is 0.608. The summed E-state index contributed by atoms with van der Waals surface area (Å²) < 4.78 is 10.6. The molecule has 1 saturated heterocycles. The van der Waals surface area contributed by atoms with E-state index < -0.39 is 0 Å². The van der Waals surface area contributed by atoms with Crippen LogP contribution in [0.3, 0.4) is 0 Å². The summed E-state index contributed by atoms with van der Waals surface area (Å²) in [6.07, 6.45) is 1.64. The van der Waals surface area contributed by atoms with Crippen LogP contribution in [-0.2, 0) is 9.59 Å². The van der Waals surface area contributed by atoms with Gasteiger partial charge in [-0.3, -0.25) is 24.2 Å². The number of benzene rings is 1. The van der Waals surface area contributed by atoms with Gasteiger partial charge in [0.15, 0.2) is 17.3 Å². The molecule has 3 rings (SSSR count). The summed E-state index contributed by atoms with van der Waals surface area (Å²) >= 11 is 0. The van der Waals surface area contributed by atoms with Crippen LogP contribution < -0.4 is 20.1 Å². The number of hydrogen-bond donors (Lipinski definition) is 2. The van der Waals surface area contributed by atoms with Gasteiger partial charge < -0.3 is 20.1 Å². The van der Waals surface area contributed by atoms with Gasteiger partial charge in [0.05, 0.1) is 18.8 Å². The van der Waals surface area contributed by atoms with Crippen molar-refractivity contribution < 1.29 is 23.9 Å². The number of rotatable bonds is 8. The molecule has 0 saturated carbocycles. The predicted octanol–water partition coefficient (Wildman–Crippen LogP) is 0.476. The number of ketones is 1. The number of ether oxygens (including phenoxy) is 2.